The Labute approximate surface area is 114 Å². The lowest BCUT2D eigenvalue weighted by atomic mass is 9.78. The van der Waals surface area contributed by atoms with Crippen molar-refractivity contribution < 1.29 is 0 Å². The SMILES string of the molecule is CC(C)c1[c]cc(C(C)C)c(C(C)C)c1C(C)C. The molecule has 0 aromatic heterocycles. The second-order valence-electron chi connectivity index (χ2n) is 6.60. The van der Waals surface area contributed by atoms with Crippen molar-refractivity contribution >= 4 is 0 Å². The molecule has 0 N–H and O–H groups in total. The summed E-state index contributed by atoms with van der Waals surface area (Å²) in [6.07, 6.45) is 0. The Morgan fingerprint density at radius 3 is 1.50 bits per heavy atom. The van der Waals surface area contributed by atoms with Crippen molar-refractivity contribution in [2.24, 2.45) is 0 Å². The van der Waals surface area contributed by atoms with Crippen molar-refractivity contribution in [3.05, 3.63) is 34.4 Å². The van der Waals surface area contributed by atoms with Crippen LogP contribution in [0.1, 0.15) is 101 Å². The fourth-order valence-electron chi connectivity index (χ4n) is 2.83. The van der Waals surface area contributed by atoms with Gasteiger partial charge in [0, 0.05) is 0 Å². The molecule has 18 heavy (non-hydrogen) atoms. The van der Waals surface area contributed by atoms with Crippen LogP contribution in [0, 0.1) is 6.07 Å². The van der Waals surface area contributed by atoms with Gasteiger partial charge in [0.15, 0.2) is 0 Å². The minimum Gasteiger partial charge on any atom is -0.0587 e. The van der Waals surface area contributed by atoms with Crippen LogP contribution in [-0.2, 0) is 0 Å². The summed E-state index contributed by atoms with van der Waals surface area (Å²) >= 11 is 0. The highest BCUT2D eigenvalue weighted by Gasteiger charge is 2.21. The standard InChI is InChI=1S/C18H29/c1-11(2)15-9-10-16(12(3)4)18(14(7)8)17(15)13(5)6/h9,11-14H,1-8H3. The van der Waals surface area contributed by atoms with E-state index in [1.165, 1.54) is 11.1 Å². The zero-order valence-corrected chi connectivity index (χ0v) is 13.4. The van der Waals surface area contributed by atoms with Crippen molar-refractivity contribution in [2.45, 2.75) is 79.1 Å². The van der Waals surface area contributed by atoms with E-state index >= 15 is 0 Å². The van der Waals surface area contributed by atoms with Crippen LogP contribution in [0.25, 0.3) is 0 Å². The summed E-state index contributed by atoms with van der Waals surface area (Å²) < 4.78 is 0. The molecule has 0 bridgehead atoms. The average Bonchev–Trinajstić information content (AvgIpc) is 2.26. The van der Waals surface area contributed by atoms with Crippen molar-refractivity contribution in [1.29, 1.82) is 0 Å². The molecule has 0 spiro atoms. The van der Waals surface area contributed by atoms with Crippen LogP contribution in [0.4, 0.5) is 0 Å². The summed E-state index contributed by atoms with van der Waals surface area (Å²) in [4.78, 5) is 0. The Balaban J connectivity index is 3.60. The van der Waals surface area contributed by atoms with Gasteiger partial charge in [-0.05, 0) is 52.0 Å². The van der Waals surface area contributed by atoms with Crippen LogP contribution in [0.5, 0.6) is 0 Å². The molecule has 1 aromatic carbocycles. The molecule has 101 valence electrons. The number of hydrogen-bond donors (Lipinski definition) is 0. The predicted octanol–water partition coefficient (Wildman–Crippen LogP) is 5.98. The van der Waals surface area contributed by atoms with Crippen molar-refractivity contribution in [3.8, 4) is 0 Å². The van der Waals surface area contributed by atoms with Crippen molar-refractivity contribution in [1.82, 2.24) is 0 Å². The smallest absolute Gasteiger partial charge is 0.0140 e. The van der Waals surface area contributed by atoms with Crippen LogP contribution in [0.2, 0.25) is 0 Å². The van der Waals surface area contributed by atoms with E-state index in [9.17, 15) is 0 Å². The molecule has 0 heterocycles. The largest absolute Gasteiger partial charge is 0.0587 e. The maximum absolute atomic E-state index is 3.56. The normalized spacial score (nSPS) is 12.2. The van der Waals surface area contributed by atoms with E-state index in [0.29, 0.717) is 23.7 Å². The van der Waals surface area contributed by atoms with E-state index in [2.05, 4.69) is 67.5 Å². The minimum atomic E-state index is 0.557. The molecule has 1 rings (SSSR count). The first-order chi connectivity index (χ1) is 8.27. The van der Waals surface area contributed by atoms with Gasteiger partial charge >= 0.3 is 0 Å². The lowest BCUT2D eigenvalue weighted by Crippen LogP contribution is -2.10. The Morgan fingerprint density at radius 1 is 0.667 bits per heavy atom. The van der Waals surface area contributed by atoms with Crippen LogP contribution in [0.3, 0.4) is 0 Å². The fourth-order valence-corrected chi connectivity index (χ4v) is 2.83. The first kappa shape index (κ1) is 15.3. The fraction of sp³-hybridized carbons (Fsp3) is 0.667. The summed E-state index contributed by atoms with van der Waals surface area (Å²) in [6, 6.07) is 5.80. The zero-order chi connectivity index (χ0) is 14.0. The Bertz CT molecular complexity index is 356. The highest BCUT2D eigenvalue weighted by atomic mass is 14.3. The van der Waals surface area contributed by atoms with Gasteiger partial charge < -0.3 is 0 Å². The van der Waals surface area contributed by atoms with E-state index in [0.717, 1.165) is 0 Å². The van der Waals surface area contributed by atoms with Gasteiger partial charge in [0.05, 0.1) is 0 Å². The third-order valence-corrected chi connectivity index (χ3v) is 3.63. The second-order valence-corrected chi connectivity index (χ2v) is 6.60. The summed E-state index contributed by atoms with van der Waals surface area (Å²) in [5, 5.41) is 0. The molecule has 0 heteroatoms. The topological polar surface area (TPSA) is 0 Å². The highest BCUT2D eigenvalue weighted by molar-refractivity contribution is 5.46. The van der Waals surface area contributed by atoms with Gasteiger partial charge in [-0.25, -0.2) is 0 Å². The summed E-state index contributed by atoms with van der Waals surface area (Å²) in [7, 11) is 0. The summed E-state index contributed by atoms with van der Waals surface area (Å²) in [5.41, 5.74) is 6.02. The lowest BCUT2D eigenvalue weighted by molar-refractivity contribution is 0.720. The number of hydrogen-bond acceptors (Lipinski definition) is 0. The predicted molar refractivity (Wildman–Crippen MR) is 81.6 cm³/mol. The molecular weight excluding hydrogens is 216 g/mol. The molecular formula is C18H29. The van der Waals surface area contributed by atoms with Crippen LogP contribution < -0.4 is 0 Å². The van der Waals surface area contributed by atoms with Crippen molar-refractivity contribution in [2.75, 3.05) is 0 Å². The molecule has 0 nitrogen and oxygen atoms in total. The quantitative estimate of drug-likeness (QED) is 0.612. The number of benzene rings is 1. The highest BCUT2D eigenvalue weighted by Crippen LogP contribution is 2.37. The van der Waals surface area contributed by atoms with Gasteiger partial charge in [0.1, 0.15) is 0 Å². The lowest BCUT2D eigenvalue weighted by Gasteiger charge is -2.26. The molecule has 0 atom stereocenters. The van der Waals surface area contributed by atoms with Gasteiger partial charge in [-0.3, -0.25) is 0 Å². The van der Waals surface area contributed by atoms with Gasteiger partial charge in [-0.15, -0.1) is 0 Å². The first-order valence-corrected chi connectivity index (χ1v) is 7.35. The molecule has 0 saturated heterocycles. The monoisotopic (exact) mass is 245 g/mol. The summed E-state index contributed by atoms with van der Waals surface area (Å²) in [6.45, 7) is 18.4. The van der Waals surface area contributed by atoms with Crippen LogP contribution in [-0.4, -0.2) is 0 Å². The third-order valence-electron chi connectivity index (χ3n) is 3.63. The van der Waals surface area contributed by atoms with Gasteiger partial charge in [-0.1, -0.05) is 61.5 Å². The number of rotatable bonds is 4. The van der Waals surface area contributed by atoms with Gasteiger partial charge in [0.2, 0.25) is 0 Å². The van der Waals surface area contributed by atoms with E-state index in [1.54, 1.807) is 11.1 Å². The molecule has 0 aliphatic rings. The maximum atomic E-state index is 3.56. The zero-order valence-electron chi connectivity index (χ0n) is 13.4. The van der Waals surface area contributed by atoms with E-state index in [-0.39, 0.29) is 0 Å². The van der Waals surface area contributed by atoms with Crippen molar-refractivity contribution in [3.63, 3.8) is 0 Å². The molecule has 0 fully saturated rings. The van der Waals surface area contributed by atoms with E-state index < -0.39 is 0 Å². The first-order valence-electron chi connectivity index (χ1n) is 7.35. The minimum absolute atomic E-state index is 0.557. The van der Waals surface area contributed by atoms with E-state index in [4.69, 9.17) is 0 Å². The Morgan fingerprint density at radius 2 is 1.17 bits per heavy atom. The van der Waals surface area contributed by atoms with Crippen LogP contribution >= 0.6 is 0 Å². The van der Waals surface area contributed by atoms with E-state index in [1.807, 2.05) is 0 Å². The molecule has 0 saturated carbocycles. The molecule has 0 aliphatic carbocycles. The third kappa shape index (κ3) is 2.96. The molecule has 0 amide bonds. The van der Waals surface area contributed by atoms with Gasteiger partial charge in [-0.2, -0.15) is 0 Å². The van der Waals surface area contributed by atoms with Crippen LogP contribution in [0.15, 0.2) is 6.07 Å². The maximum Gasteiger partial charge on any atom is -0.0140 e. The average molecular weight is 245 g/mol. The molecule has 1 aromatic rings. The second kappa shape index (κ2) is 5.91. The molecule has 0 unspecified atom stereocenters. The summed E-state index contributed by atoms with van der Waals surface area (Å²) in [5.74, 6) is 2.31. The Hall–Kier alpha value is -0.780. The molecule has 1 radical (unpaired) electrons. The van der Waals surface area contributed by atoms with Gasteiger partial charge in [0.25, 0.3) is 0 Å². The molecule has 0 aliphatic heterocycles. The Kier molecular flexibility index (Phi) is 5.01.